The van der Waals surface area contributed by atoms with Crippen LogP contribution in [0.5, 0.6) is 5.75 Å². The SMILES string of the molecule is Nc1cc(-c2nn3ccccc3c2-c2ccnc(Cl)n2)ccc1O. The molecule has 0 aliphatic carbocycles. The number of nitrogens with zero attached hydrogens (tertiary/aromatic N) is 4. The second-order valence-corrected chi connectivity index (χ2v) is 5.58. The Morgan fingerprint density at radius 2 is 2.00 bits per heavy atom. The lowest BCUT2D eigenvalue weighted by molar-refractivity contribution is 0.478. The van der Waals surface area contributed by atoms with Crippen LogP contribution in [-0.4, -0.2) is 24.7 Å². The average molecular weight is 338 g/mol. The summed E-state index contributed by atoms with van der Waals surface area (Å²) in [6.07, 6.45) is 3.46. The van der Waals surface area contributed by atoms with Gasteiger partial charge in [-0.3, -0.25) is 0 Å². The molecule has 0 fully saturated rings. The number of rotatable bonds is 2. The molecule has 0 aliphatic rings. The minimum Gasteiger partial charge on any atom is -0.506 e. The minimum absolute atomic E-state index is 0.0362. The van der Waals surface area contributed by atoms with Crippen LogP contribution in [0.1, 0.15) is 0 Å². The molecule has 0 unspecified atom stereocenters. The summed E-state index contributed by atoms with van der Waals surface area (Å²) in [4.78, 5) is 8.24. The summed E-state index contributed by atoms with van der Waals surface area (Å²) >= 11 is 5.95. The van der Waals surface area contributed by atoms with Crippen molar-refractivity contribution in [1.82, 2.24) is 19.6 Å². The Kier molecular flexibility index (Phi) is 3.32. The Labute approximate surface area is 142 Å². The number of aromatic hydroxyl groups is 1. The van der Waals surface area contributed by atoms with Gasteiger partial charge in [-0.05, 0) is 48.0 Å². The molecule has 0 bridgehead atoms. The molecule has 118 valence electrons. The van der Waals surface area contributed by atoms with Crippen LogP contribution < -0.4 is 5.73 Å². The lowest BCUT2D eigenvalue weighted by Gasteiger charge is -2.05. The van der Waals surface area contributed by atoms with Gasteiger partial charge in [0.2, 0.25) is 5.28 Å². The number of nitrogen functional groups attached to an aromatic ring is 1. The molecule has 0 aliphatic heterocycles. The highest BCUT2D eigenvalue weighted by atomic mass is 35.5. The minimum atomic E-state index is 0.0362. The van der Waals surface area contributed by atoms with Crippen molar-refractivity contribution < 1.29 is 5.11 Å². The van der Waals surface area contributed by atoms with Crippen molar-refractivity contribution in [3.63, 3.8) is 0 Å². The van der Waals surface area contributed by atoms with Gasteiger partial charge in [0.05, 0.1) is 22.5 Å². The van der Waals surface area contributed by atoms with Gasteiger partial charge in [0.25, 0.3) is 0 Å². The van der Waals surface area contributed by atoms with Gasteiger partial charge in [0, 0.05) is 18.0 Å². The highest BCUT2D eigenvalue weighted by Crippen LogP contribution is 2.36. The van der Waals surface area contributed by atoms with Gasteiger partial charge in [-0.15, -0.1) is 0 Å². The van der Waals surface area contributed by atoms with Crippen molar-refractivity contribution in [3.05, 3.63) is 60.1 Å². The van der Waals surface area contributed by atoms with Gasteiger partial charge in [-0.25, -0.2) is 14.5 Å². The molecule has 3 N–H and O–H groups in total. The lowest BCUT2D eigenvalue weighted by Crippen LogP contribution is -1.90. The number of phenolic OH excluding ortho intramolecular Hbond substituents is 1. The van der Waals surface area contributed by atoms with Crippen molar-refractivity contribution in [1.29, 1.82) is 0 Å². The molecule has 0 radical (unpaired) electrons. The molecule has 4 aromatic rings. The molecule has 3 aromatic heterocycles. The number of phenols is 1. The van der Waals surface area contributed by atoms with Crippen molar-refractivity contribution in [2.24, 2.45) is 0 Å². The quantitative estimate of drug-likeness (QED) is 0.332. The van der Waals surface area contributed by atoms with Gasteiger partial charge in [-0.1, -0.05) is 6.07 Å². The molecular formula is C17H12ClN5O. The normalized spacial score (nSPS) is 11.0. The zero-order valence-corrected chi connectivity index (χ0v) is 13.1. The van der Waals surface area contributed by atoms with Crippen molar-refractivity contribution >= 4 is 22.8 Å². The Morgan fingerprint density at radius 1 is 1.12 bits per heavy atom. The van der Waals surface area contributed by atoms with E-state index in [2.05, 4.69) is 15.1 Å². The smallest absolute Gasteiger partial charge is 0.222 e. The molecule has 0 amide bonds. The van der Waals surface area contributed by atoms with E-state index in [9.17, 15) is 5.11 Å². The van der Waals surface area contributed by atoms with Crippen LogP contribution in [0.3, 0.4) is 0 Å². The van der Waals surface area contributed by atoms with Crippen molar-refractivity contribution in [2.45, 2.75) is 0 Å². The van der Waals surface area contributed by atoms with E-state index >= 15 is 0 Å². The van der Waals surface area contributed by atoms with Gasteiger partial charge in [0.15, 0.2) is 0 Å². The number of aromatic nitrogens is 4. The van der Waals surface area contributed by atoms with Crippen LogP contribution in [0, 0.1) is 0 Å². The third kappa shape index (κ3) is 2.33. The van der Waals surface area contributed by atoms with Crippen LogP contribution in [0.4, 0.5) is 5.69 Å². The van der Waals surface area contributed by atoms with Crippen LogP contribution >= 0.6 is 11.6 Å². The summed E-state index contributed by atoms with van der Waals surface area (Å²) in [5.41, 5.74) is 9.97. The van der Waals surface area contributed by atoms with E-state index in [1.54, 1.807) is 35.0 Å². The van der Waals surface area contributed by atoms with Gasteiger partial charge >= 0.3 is 0 Å². The predicted molar refractivity (Wildman–Crippen MR) is 92.7 cm³/mol. The topological polar surface area (TPSA) is 89.3 Å². The third-order valence-electron chi connectivity index (χ3n) is 3.72. The van der Waals surface area contributed by atoms with Crippen LogP contribution in [0.2, 0.25) is 5.28 Å². The molecule has 7 heteroatoms. The van der Waals surface area contributed by atoms with Crippen LogP contribution in [0.25, 0.3) is 28.0 Å². The first-order valence-electron chi connectivity index (χ1n) is 7.18. The maximum Gasteiger partial charge on any atom is 0.222 e. The number of fused-ring (bicyclic) bond motifs is 1. The number of nitrogens with two attached hydrogens (primary N) is 1. The zero-order chi connectivity index (χ0) is 16.7. The Hall–Kier alpha value is -3.12. The highest BCUT2D eigenvalue weighted by molar-refractivity contribution is 6.28. The van der Waals surface area contributed by atoms with Crippen molar-refractivity contribution in [2.75, 3.05) is 5.73 Å². The number of anilines is 1. The van der Waals surface area contributed by atoms with E-state index in [0.717, 1.165) is 16.6 Å². The largest absolute Gasteiger partial charge is 0.506 e. The molecule has 24 heavy (non-hydrogen) atoms. The van der Waals surface area contributed by atoms with Crippen molar-refractivity contribution in [3.8, 4) is 28.3 Å². The molecule has 0 saturated carbocycles. The fourth-order valence-electron chi connectivity index (χ4n) is 2.63. The van der Waals surface area contributed by atoms with Crippen LogP contribution in [-0.2, 0) is 0 Å². The summed E-state index contributed by atoms with van der Waals surface area (Å²) in [7, 11) is 0. The van der Waals surface area contributed by atoms with Crippen LogP contribution in [0.15, 0.2) is 54.9 Å². The number of pyridine rings is 1. The zero-order valence-electron chi connectivity index (χ0n) is 12.4. The summed E-state index contributed by atoms with van der Waals surface area (Å²) in [6, 6.07) is 12.5. The number of hydrogen-bond donors (Lipinski definition) is 2. The second-order valence-electron chi connectivity index (χ2n) is 5.24. The molecule has 4 rings (SSSR count). The molecule has 6 nitrogen and oxygen atoms in total. The highest BCUT2D eigenvalue weighted by Gasteiger charge is 2.18. The third-order valence-corrected chi connectivity index (χ3v) is 3.91. The first-order valence-corrected chi connectivity index (χ1v) is 7.56. The van der Waals surface area contributed by atoms with E-state index < -0.39 is 0 Å². The van der Waals surface area contributed by atoms with Gasteiger partial charge in [0.1, 0.15) is 11.4 Å². The maximum atomic E-state index is 9.66. The number of halogens is 1. The fourth-order valence-corrected chi connectivity index (χ4v) is 2.78. The van der Waals surface area contributed by atoms with E-state index in [-0.39, 0.29) is 16.7 Å². The molecule has 1 aromatic carbocycles. The Morgan fingerprint density at radius 3 is 2.79 bits per heavy atom. The summed E-state index contributed by atoms with van der Waals surface area (Å²) in [5, 5.41) is 14.5. The summed E-state index contributed by atoms with van der Waals surface area (Å²) in [5.74, 6) is 0.0362. The average Bonchev–Trinajstić information content (AvgIpc) is 2.97. The Balaban J connectivity index is 2.05. The van der Waals surface area contributed by atoms with E-state index in [1.807, 2.05) is 24.4 Å². The van der Waals surface area contributed by atoms with Gasteiger partial charge in [-0.2, -0.15) is 5.10 Å². The molecule has 3 heterocycles. The molecule has 0 atom stereocenters. The summed E-state index contributed by atoms with van der Waals surface area (Å²) in [6.45, 7) is 0. The van der Waals surface area contributed by atoms with E-state index in [0.29, 0.717) is 11.4 Å². The predicted octanol–water partition coefficient (Wildman–Crippen LogP) is 3.40. The second kappa shape index (κ2) is 5.50. The standard InChI is InChI=1S/C17H12ClN5O/c18-17-20-7-6-12(21-17)15-13-3-1-2-8-23(13)22-16(15)10-4-5-14(24)11(19)9-10/h1-9,24H,19H2. The lowest BCUT2D eigenvalue weighted by atomic mass is 10.0. The molecular weight excluding hydrogens is 326 g/mol. The first kappa shape index (κ1) is 14.5. The van der Waals surface area contributed by atoms with Gasteiger partial charge < -0.3 is 10.8 Å². The number of benzene rings is 1. The first-order chi connectivity index (χ1) is 11.6. The number of hydrogen-bond acceptors (Lipinski definition) is 5. The Bertz CT molecular complexity index is 1060. The van der Waals surface area contributed by atoms with E-state index in [4.69, 9.17) is 17.3 Å². The van der Waals surface area contributed by atoms with E-state index in [1.165, 1.54) is 0 Å². The molecule has 0 saturated heterocycles. The monoisotopic (exact) mass is 337 g/mol. The molecule has 0 spiro atoms. The maximum absolute atomic E-state index is 9.66. The summed E-state index contributed by atoms with van der Waals surface area (Å²) < 4.78 is 1.77. The fraction of sp³-hybridized carbons (Fsp3) is 0.